The molecule has 2 amide bonds. The number of hydrogen-bond acceptors (Lipinski definition) is 8. The van der Waals surface area contributed by atoms with Crippen LogP contribution in [0.25, 0.3) is 0 Å². The van der Waals surface area contributed by atoms with Crippen LogP contribution in [0.15, 0.2) is 30.3 Å². The fourth-order valence-corrected chi connectivity index (χ4v) is 6.71. The molecule has 0 aliphatic carbocycles. The van der Waals surface area contributed by atoms with E-state index in [4.69, 9.17) is 14.2 Å². The summed E-state index contributed by atoms with van der Waals surface area (Å²) in [5.41, 5.74) is 3.04. The number of aliphatic hydroxyl groups is 1. The number of nitrogens with one attached hydrogen (secondary N) is 1. The number of carbonyl (C=O) groups excluding carboxylic acids is 2. The largest absolute Gasteiger partial charge is 0.493 e. The van der Waals surface area contributed by atoms with E-state index in [0.29, 0.717) is 55.0 Å². The highest BCUT2D eigenvalue weighted by Crippen LogP contribution is 2.47. The van der Waals surface area contributed by atoms with Gasteiger partial charge in [-0.1, -0.05) is 12.1 Å². The van der Waals surface area contributed by atoms with Gasteiger partial charge in [-0.2, -0.15) is 5.26 Å². The van der Waals surface area contributed by atoms with Gasteiger partial charge < -0.3 is 34.4 Å². The van der Waals surface area contributed by atoms with Crippen molar-refractivity contribution in [1.29, 1.82) is 5.26 Å². The quantitative estimate of drug-likeness (QED) is 0.414. The van der Waals surface area contributed by atoms with Crippen molar-refractivity contribution in [3.05, 3.63) is 52.6 Å². The summed E-state index contributed by atoms with van der Waals surface area (Å²) in [6.07, 6.45) is 4.30. The van der Waals surface area contributed by atoms with Crippen molar-refractivity contribution in [2.45, 2.75) is 69.2 Å². The maximum Gasteiger partial charge on any atom is 0.255 e. The molecule has 5 rings (SSSR count). The number of fused-ring (bicyclic) bond motifs is 1. The molecule has 0 spiro atoms. The molecule has 2 atom stereocenters. The first kappa shape index (κ1) is 29.7. The van der Waals surface area contributed by atoms with Crippen LogP contribution in [0.4, 0.5) is 0 Å². The lowest BCUT2D eigenvalue weighted by atomic mass is 9.73. The summed E-state index contributed by atoms with van der Waals surface area (Å²) in [6.45, 7) is 3.00. The zero-order chi connectivity index (χ0) is 29.9. The monoisotopic (exact) mass is 576 g/mol. The predicted molar refractivity (Wildman–Crippen MR) is 155 cm³/mol. The number of amides is 2. The van der Waals surface area contributed by atoms with E-state index in [1.54, 1.807) is 26.2 Å². The number of rotatable bonds is 10. The summed E-state index contributed by atoms with van der Waals surface area (Å²) in [7, 11) is 4.75. The summed E-state index contributed by atoms with van der Waals surface area (Å²) in [5, 5.41) is 22.6. The zero-order valence-corrected chi connectivity index (χ0v) is 24.6. The molecule has 2 N–H and O–H groups in total. The molecule has 3 aliphatic heterocycles. The van der Waals surface area contributed by atoms with Crippen LogP contribution in [0.2, 0.25) is 0 Å². The van der Waals surface area contributed by atoms with E-state index in [1.165, 1.54) is 0 Å². The second-order valence-electron chi connectivity index (χ2n) is 11.4. The second kappa shape index (κ2) is 12.6. The maximum atomic E-state index is 13.1. The van der Waals surface area contributed by atoms with Crippen LogP contribution >= 0.6 is 0 Å². The molecule has 0 aromatic heterocycles. The van der Waals surface area contributed by atoms with Gasteiger partial charge in [-0.25, -0.2) is 0 Å². The molecule has 2 aromatic rings. The number of hydrogen-bond donors (Lipinski definition) is 2. The molecule has 42 heavy (non-hydrogen) atoms. The molecular formula is C32H40N4O6. The number of methoxy groups -OCH3 is 3. The summed E-state index contributed by atoms with van der Waals surface area (Å²) in [4.78, 5) is 29.7. The first-order valence-electron chi connectivity index (χ1n) is 14.7. The van der Waals surface area contributed by atoms with Gasteiger partial charge >= 0.3 is 0 Å². The molecule has 3 heterocycles. The number of nitriles is 1. The Kier molecular flexibility index (Phi) is 8.90. The van der Waals surface area contributed by atoms with Crippen LogP contribution in [0.5, 0.6) is 17.2 Å². The van der Waals surface area contributed by atoms with Gasteiger partial charge in [-0.05, 0) is 93.9 Å². The van der Waals surface area contributed by atoms with Gasteiger partial charge in [-0.3, -0.25) is 9.59 Å². The van der Waals surface area contributed by atoms with Gasteiger partial charge in [0.1, 0.15) is 12.3 Å². The number of benzene rings is 2. The molecular weight excluding hydrogens is 536 g/mol. The Morgan fingerprint density at radius 1 is 1.02 bits per heavy atom. The molecule has 2 aromatic carbocycles. The Balaban J connectivity index is 1.16. The fourth-order valence-electron chi connectivity index (χ4n) is 6.71. The van der Waals surface area contributed by atoms with Crippen LogP contribution in [-0.4, -0.2) is 80.0 Å². The van der Waals surface area contributed by atoms with Crippen LogP contribution in [0.1, 0.15) is 65.6 Å². The molecule has 2 fully saturated rings. The van der Waals surface area contributed by atoms with Crippen LogP contribution in [0.3, 0.4) is 0 Å². The minimum absolute atomic E-state index is 0.108. The van der Waals surface area contributed by atoms with Crippen LogP contribution in [0, 0.1) is 11.3 Å². The lowest BCUT2D eigenvalue weighted by molar-refractivity contribution is -0.132. The highest BCUT2D eigenvalue weighted by molar-refractivity contribution is 6.01. The van der Waals surface area contributed by atoms with Crippen molar-refractivity contribution >= 4 is 11.8 Å². The van der Waals surface area contributed by atoms with Crippen molar-refractivity contribution in [1.82, 2.24) is 15.1 Å². The van der Waals surface area contributed by atoms with Gasteiger partial charge in [0.15, 0.2) is 11.5 Å². The molecule has 3 aliphatic rings. The van der Waals surface area contributed by atoms with Gasteiger partial charge in [-0.15, -0.1) is 0 Å². The van der Waals surface area contributed by atoms with Crippen molar-refractivity contribution in [2.75, 3.05) is 41.0 Å². The summed E-state index contributed by atoms with van der Waals surface area (Å²) >= 11 is 0. The molecule has 2 unspecified atom stereocenters. The van der Waals surface area contributed by atoms with E-state index in [9.17, 15) is 20.0 Å². The average Bonchev–Trinajstić information content (AvgIpc) is 3.35. The summed E-state index contributed by atoms with van der Waals surface area (Å²) < 4.78 is 16.7. The lowest BCUT2D eigenvalue weighted by Gasteiger charge is -2.38. The van der Waals surface area contributed by atoms with Crippen LogP contribution in [-0.2, 0) is 23.2 Å². The number of aryl methyl sites for hydroxylation is 1. The van der Waals surface area contributed by atoms with Crippen molar-refractivity contribution in [2.24, 2.45) is 0 Å². The van der Waals surface area contributed by atoms with E-state index in [2.05, 4.69) is 22.4 Å². The first-order chi connectivity index (χ1) is 20.4. The van der Waals surface area contributed by atoms with Crippen molar-refractivity contribution in [3.8, 4) is 23.3 Å². The number of carbonyl (C=O) groups is 2. The SMILES string of the molecule is COc1ccc(C2(C#N)CCN(CCCCc3cccc4c3CN(C3CCC(O)NC3=O)C4=O)CC2)c(OC)c1OC. The minimum Gasteiger partial charge on any atom is -0.493 e. The smallest absolute Gasteiger partial charge is 0.255 e. The average molecular weight is 577 g/mol. The van der Waals surface area contributed by atoms with Crippen molar-refractivity contribution in [3.63, 3.8) is 0 Å². The number of piperidine rings is 2. The molecule has 0 bridgehead atoms. The van der Waals surface area contributed by atoms with Gasteiger partial charge in [0.25, 0.3) is 5.91 Å². The maximum absolute atomic E-state index is 13.1. The summed E-state index contributed by atoms with van der Waals surface area (Å²) in [5.74, 6) is 1.24. The van der Waals surface area contributed by atoms with Gasteiger partial charge in [0.05, 0.1) is 32.8 Å². The summed E-state index contributed by atoms with van der Waals surface area (Å²) in [6, 6.07) is 11.7. The Labute approximate surface area is 247 Å². The molecule has 10 heteroatoms. The van der Waals surface area contributed by atoms with Crippen molar-refractivity contribution < 1.29 is 28.9 Å². The lowest BCUT2D eigenvalue weighted by Crippen LogP contribution is -2.54. The topological polar surface area (TPSA) is 124 Å². The van der Waals surface area contributed by atoms with E-state index in [1.807, 2.05) is 24.3 Å². The van der Waals surface area contributed by atoms with E-state index in [-0.39, 0.29) is 11.8 Å². The Bertz CT molecular complexity index is 1360. The van der Waals surface area contributed by atoms with E-state index < -0.39 is 17.7 Å². The normalized spacial score (nSPS) is 21.8. The fraction of sp³-hybridized carbons (Fsp3) is 0.531. The minimum atomic E-state index is -0.839. The predicted octanol–water partition coefficient (Wildman–Crippen LogP) is 3.15. The molecule has 0 radical (unpaired) electrons. The number of aliphatic hydroxyl groups excluding tert-OH is 1. The first-order valence-corrected chi connectivity index (χ1v) is 14.7. The molecule has 10 nitrogen and oxygen atoms in total. The number of likely N-dealkylation sites (tertiary alicyclic amines) is 1. The zero-order valence-electron chi connectivity index (χ0n) is 24.6. The Hall–Kier alpha value is -3.81. The third-order valence-electron chi connectivity index (χ3n) is 9.11. The Morgan fingerprint density at radius 3 is 2.45 bits per heavy atom. The van der Waals surface area contributed by atoms with Crippen LogP contribution < -0.4 is 19.5 Å². The third kappa shape index (κ3) is 5.51. The molecule has 2 saturated heterocycles. The molecule has 0 saturated carbocycles. The Morgan fingerprint density at radius 2 is 1.79 bits per heavy atom. The number of ether oxygens (including phenoxy) is 3. The number of nitrogens with zero attached hydrogens (tertiary/aromatic N) is 3. The molecule has 224 valence electrons. The highest BCUT2D eigenvalue weighted by Gasteiger charge is 2.41. The standard InChI is InChI=1S/C32H40N4O6/c1-40-26-12-10-24(28(41-2)29(26)42-3)32(20-33)14-17-35(18-15-32)16-5-4-7-21-8-6-9-22-23(21)19-36(31(22)39)25-11-13-27(37)34-30(25)38/h6,8-10,12,25,27,37H,4-5,7,11,13-19H2,1-3H3,(H,34,38). The third-order valence-corrected chi connectivity index (χ3v) is 9.11. The van der Waals surface area contributed by atoms with Gasteiger partial charge in [0.2, 0.25) is 11.7 Å². The van der Waals surface area contributed by atoms with E-state index >= 15 is 0 Å². The second-order valence-corrected chi connectivity index (χ2v) is 11.4. The van der Waals surface area contributed by atoms with E-state index in [0.717, 1.165) is 55.6 Å². The highest BCUT2D eigenvalue weighted by atomic mass is 16.5. The number of unbranched alkanes of at least 4 members (excludes halogenated alkanes) is 1. The van der Waals surface area contributed by atoms with Gasteiger partial charge in [0, 0.05) is 17.7 Å².